The van der Waals surface area contributed by atoms with Gasteiger partial charge in [0.1, 0.15) is 0 Å². The molecule has 22 heavy (non-hydrogen) atoms. The molecular weight excluding hydrogens is 280 g/mol. The Hall–Kier alpha value is -2.17. The predicted octanol–water partition coefficient (Wildman–Crippen LogP) is 1.91. The van der Waals surface area contributed by atoms with Gasteiger partial charge >= 0.3 is 0 Å². The van der Waals surface area contributed by atoms with E-state index in [0.717, 1.165) is 31.6 Å². The summed E-state index contributed by atoms with van der Waals surface area (Å²) in [6.45, 7) is 3.18. The van der Waals surface area contributed by atoms with Crippen molar-refractivity contribution in [2.45, 2.75) is 32.6 Å². The SMILES string of the molecule is CC(=O)c1cccc(N2CCC3(CC2)CC(=O)NC(=O)C3)c1. The Morgan fingerprint density at radius 2 is 1.77 bits per heavy atom. The smallest absolute Gasteiger partial charge is 0.227 e. The van der Waals surface area contributed by atoms with Crippen LogP contribution in [0.4, 0.5) is 5.69 Å². The number of hydrogen-bond acceptors (Lipinski definition) is 4. The van der Waals surface area contributed by atoms with Crippen molar-refractivity contribution in [1.29, 1.82) is 0 Å². The van der Waals surface area contributed by atoms with Gasteiger partial charge in [-0.15, -0.1) is 0 Å². The first-order chi connectivity index (χ1) is 10.5. The highest BCUT2D eigenvalue weighted by Gasteiger charge is 2.41. The predicted molar refractivity (Wildman–Crippen MR) is 82.7 cm³/mol. The van der Waals surface area contributed by atoms with Gasteiger partial charge in [0, 0.05) is 37.2 Å². The summed E-state index contributed by atoms with van der Waals surface area (Å²) in [6, 6.07) is 7.64. The van der Waals surface area contributed by atoms with Crippen molar-refractivity contribution in [2.75, 3.05) is 18.0 Å². The normalized spacial score (nSPS) is 20.9. The van der Waals surface area contributed by atoms with Crippen LogP contribution in [0.2, 0.25) is 0 Å². The molecule has 0 saturated carbocycles. The summed E-state index contributed by atoms with van der Waals surface area (Å²) in [4.78, 5) is 37.0. The van der Waals surface area contributed by atoms with Crippen LogP contribution >= 0.6 is 0 Å². The molecule has 0 radical (unpaired) electrons. The van der Waals surface area contributed by atoms with E-state index >= 15 is 0 Å². The first-order valence-corrected chi connectivity index (χ1v) is 7.66. The van der Waals surface area contributed by atoms with Crippen LogP contribution in [-0.2, 0) is 9.59 Å². The number of benzene rings is 1. The third kappa shape index (κ3) is 2.89. The third-order valence-corrected chi connectivity index (χ3v) is 4.79. The number of Topliss-reactive ketones (excluding diaryl/α,β-unsaturated/α-hetero) is 1. The summed E-state index contributed by atoms with van der Waals surface area (Å²) in [6.07, 6.45) is 2.55. The maximum atomic E-state index is 11.6. The molecule has 1 N–H and O–H groups in total. The monoisotopic (exact) mass is 300 g/mol. The van der Waals surface area contributed by atoms with Crippen molar-refractivity contribution >= 4 is 23.3 Å². The molecule has 116 valence electrons. The maximum absolute atomic E-state index is 11.6. The zero-order valence-corrected chi connectivity index (χ0v) is 12.7. The highest BCUT2D eigenvalue weighted by Crippen LogP contribution is 2.41. The second kappa shape index (κ2) is 5.55. The Balaban J connectivity index is 1.71. The minimum atomic E-state index is -0.173. The van der Waals surface area contributed by atoms with E-state index in [1.807, 2.05) is 24.3 Å². The van der Waals surface area contributed by atoms with Crippen molar-refractivity contribution in [1.82, 2.24) is 5.32 Å². The molecule has 1 aromatic carbocycles. The average Bonchev–Trinajstić information content (AvgIpc) is 2.47. The Bertz CT molecular complexity index is 613. The van der Waals surface area contributed by atoms with Gasteiger partial charge in [-0.1, -0.05) is 12.1 Å². The molecule has 0 aliphatic carbocycles. The number of rotatable bonds is 2. The van der Waals surface area contributed by atoms with Gasteiger partial charge in [0.05, 0.1) is 0 Å². The maximum Gasteiger partial charge on any atom is 0.227 e. The zero-order chi connectivity index (χ0) is 15.7. The summed E-state index contributed by atoms with van der Waals surface area (Å²) < 4.78 is 0. The van der Waals surface area contributed by atoms with Crippen LogP contribution < -0.4 is 10.2 Å². The van der Waals surface area contributed by atoms with E-state index in [1.54, 1.807) is 6.92 Å². The van der Waals surface area contributed by atoms with Crippen LogP contribution in [0.5, 0.6) is 0 Å². The molecule has 5 nitrogen and oxygen atoms in total. The molecule has 0 aromatic heterocycles. The fourth-order valence-corrected chi connectivity index (χ4v) is 3.50. The number of carbonyl (C=O) groups excluding carboxylic acids is 3. The summed E-state index contributed by atoms with van der Waals surface area (Å²) in [7, 11) is 0. The largest absolute Gasteiger partial charge is 0.371 e. The van der Waals surface area contributed by atoms with Crippen molar-refractivity contribution in [2.24, 2.45) is 5.41 Å². The summed E-state index contributed by atoms with van der Waals surface area (Å²) in [5.74, 6) is -0.239. The van der Waals surface area contributed by atoms with Gasteiger partial charge in [0.2, 0.25) is 11.8 Å². The van der Waals surface area contributed by atoms with Gasteiger partial charge in [0.15, 0.2) is 5.78 Å². The van der Waals surface area contributed by atoms with Crippen LogP contribution in [-0.4, -0.2) is 30.7 Å². The molecule has 0 atom stereocenters. The first-order valence-electron chi connectivity index (χ1n) is 7.66. The highest BCUT2D eigenvalue weighted by molar-refractivity contribution is 5.98. The Morgan fingerprint density at radius 3 is 2.36 bits per heavy atom. The fraction of sp³-hybridized carbons (Fsp3) is 0.471. The van der Waals surface area contributed by atoms with Crippen LogP contribution in [0.25, 0.3) is 0 Å². The molecule has 2 heterocycles. The lowest BCUT2D eigenvalue weighted by Gasteiger charge is -2.43. The number of anilines is 1. The van der Waals surface area contributed by atoms with E-state index in [1.165, 1.54) is 0 Å². The molecule has 2 amide bonds. The Morgan fingerprint density at radius 1 is 1.14 bits per heavy atom. The number of ketones is 1. The zero-order valence-electron chi connectivity index (χ0n) is 12.7. The molecule has 2 aliphatic heterocycles. The number of piperidine rings is 2. The third-order valence-electron chi connectivity index (χ3n) is 4.79. The van der Waals surface area contributed by atoms with E-state index in [4.69, 9.17) is 0 Å². The minimum absolute atomic E-state index is 0.0601. The topological polar surface area (TPSA) is 66.5 Å². The van der Waals surface area contributed by atoms with E-state index in [9.17, 15) is 14.4 Å². The van der Waals surface area contributed by atoms with Gasteiger partial charge < -0.3 is 4.90 Å². The summed E-state index contributed by atoms with van der Waals surface area (Å²) in [5, 5.41) is 2.38. The van der Waals surface area contributed by atoms with Crippen LogP contribution in [0.3, 0.4) is 0 Å². The molecule has 2 aliphatic rings. The number of nitrogens with zero attached hydrogens (tertiary/aromatic N) is 1. The van der Waals surface area contributed by atoms with Crippen molar-refractivity contribution in [3.05, 3.63) is 29.8 Å². The molecule has 1 aromatic rings. The first kappa shape index (κ1) is 14.8. The van der Waals surface area contributed by atoms with Crippen LogP contribution in [0.15, 0.2) is 24.3 Å². The van der Waals surface area contributed by atoms with Crippen LogP contribution in [0.1, 0.15) is 43.0 Å². The molecular formula is C17H20N2O3. The summed E-state index contributed by atoms with van der Waals surface area (Å²) in [5.41, 5.74) is 1.58. The lowest BCUT2D eigenvalue weighted by molar-refractivity contribution is -0.138. The lowest BCUT2D eigenvalue weighted by atomic mass is 9.71. The second-order valence-corrected chi connectivity index (χ2v) is 6.42. The molecule has 1 spiro atoms. The summed E-state index contributed by atoms with van der Waals surface area (Å²) >= 11 is 0. The van der Waals surface area contributed by atoms with E-state index in [-0.39, 0.29) is 23.0 Å². The Kier molecular flexibility index (Phi) is 3.72. The van der Waals surface area contributed by atoms with E-state index < -0.39 is 0 Å². The second-order valence-electron chi connectivity index (χ2n) is 6.42. The lowest BCUT2D eigenvalue weighted by Crippen LogP contribution is -2.50. The quantitative estimate of drug-likeness (QED) is 0.669. The van der Waals surface area contributed by atoms with Gasteiger partial charge in [-0.2, -0.15) is 0 Å². The molecule has 2 fully saturated rings. The number of carbonyl (C=O) groups is 3. The van der Waals surface area contributed by atoms with Gasteiger partial charge in [0.25, 0.3) is 0 Å². The Labute approximate surface area is 129 Å². The van der Waals surface area contributed by atoms with Crippen molar-refractivity contribution in [3.63, 3.8) is 0 Å². The number of hydrogen-bond donors (Lipinski definition) is 1. The molecule has 0 bridgehead atoms. The standard InChI is InChI=1S/C17H20N2O3/c1-12(20)13-3-2-4-14(9-13)19-7-5-17(6-8-19)10-15(21)18-16(22)11-17/h2-4,9H,5-8,10-11H2,1H3,(H,18,21,22). The highest BCUT2D eigenvalue weighted by atomic mass is 16.2. The van der Waals surface area contributed by atoms with E-state index in [2.05, 4.69) is 10.2 Å². The van der Waals surface area contributed by atoms with Crippen molar-refractivity contribution in [3.8, 4) is 0 Å². The van der Waals surface area contributed by atoms with Crippen molar-refractivity contribution < 1.29 is 14.4 Å². The number of amides is 2. The van der Waals surface area contributed by atoms with Crippen LogP contribution in [0, 0.1) is 5.41 Å². The average molecular weight is 300 g/mol. The number of imide groups is 1. The molecule has 5 heteroatoms. The van der Waals surface area contributed by atoms with Gasteiger partial charge in [-0.25, -0.2) is 0 Å². The van der Waals surface area contributed by atoms with Gasteiger partial charge in [-0.05, 0) is 37.3 Å². The number of nitrogens with one attached hydrogen (secondary N) is 1. The molecule has 0 unspecified atom stereocenters. The van der Waals surface area contributed by atoms with E-state index in [0.29, 0.717) is 18.4 Å². The fourth-order valence-electron chi connectivity index (χ4n) is 3.50. The van der Waals surface area contributed by atoms with Gasteiger partial charge in [-0.3, -0.25) is 19.7 Å². The molecule has 2 saturated heterocycles. The molecule has 3 rings (SSSR count). The minimum Gasteiger partial charge on any atom is -0.371 e.